The molecule has 0 radical (unpaired) electrons. The maximum absolute atomic E-state index is 10.6. The van der Waals surface area contributed by atoms with Gasteiger partial charge in [-0.25, -0.2) is 0 Å². The van der Waals surface area contributed by atoms with Crippen LogP contribution in [0.5, 0.6) is 0 Å². The predicted molar refractivity (Wildman–Crippen MR) is 48.7 cm³/mol. The highest BCUT2D eigenvalue weighted by atomic mass is 16.5. The molecule has 0 fully saturated rings. The number of carbonyl (C=O) groups is 1. The highest BCUT2D eigenvalue weighted by molar-refractivity contribution is 5.71. The van der Waals surface area contributed by atoms with Crippen LogP contribution in [0.1, 0.15) is 33.6 Å². The van der Waals surface area contributed by atoms with Gasteiger partial charge in [-0.3, -0.25) is 4.79 Å². The molecular weight excluding hydrogens is 154 g/mol. The average molecular weight is 173 g/mol. The van der Waals surface area contributed by atoms with Crippen LogP contribution >= 0.6 is 0 Å². The van der Waals surface area contributed by atoms with E-state index in [1.54, 1.807) is 0 Å². The largest absolute Gasteiger partial charge is 0.465 e. The van der Waals surface area contributed by atoms with E-state index in [1.165, 1.54) is 0 Å². The fourth-order valence-electron chi connectivity index (χ4n) is 0.677. The summed E-state index contributed by atoms with van der Waals surface area (Å²) >= 11 is 0. The van der Waals surface area contributed by atoms with E-state index < -0.39 is 0 Å². The number of hydrogen-bond donors (Lipinski definition) is 1. The fourth-order valence-corrected chi connectivity index (χ4v) is 0.677. The topological polar surface area (TPSA) is 52.3 Å². The summed E-state index contributed by atoms with van der Waals surface area (Å²) in [4.78, 5) is 10.6. The zero-order valence-electron chi connectivity index (χ0n) is 8.22. The molecule has 2 N–H and O–H groups in total. The molecule has 0 heterocycles. The minimum Gasteiger partial charge on any atom is -0.465 e. The number of carbonyl (C=O) groups excluding carboxylic acids is 1. The molecule has 12 heavy (non-hydrogen) atoms. The third-order valence-corrected chi connectivity index (χ3v) is 2.17. The van der Waals surface area contributed by atoms with Gasteiger partial charge < -0.3 is 10.5 Å². The van der Waals surface area contributed by atoms with Crippen molar-refractivity contribution in [2.24, 2.45) is 11.1 Å². The van der Waals surface area contributed by atoms with Crippen LogP contribution in [0.4, 0.5) is 0 Å². The zero-order valence-corrected chi connectivity index (χ0v) is 8.22. The Morgan fingerprint density at radius 1 is 1.50 bits per heavy atom. The summed E-state index contributed by atoms with van der Waals surface area (Å²) < 4.78 is 4.86. The van der Waals surface area contributed by atoms with Crippen LogP contribution in [0.3, 0.4) is 0 Å². The molecular formula is C9H19NO2. The normalized spacial score (nSPS) is 11.3. The molecule has 0 atom stereocenters. The van der Waals surface area contributed by atoms with Gasteiger partial charge in [0.15, 0.2) is 0 Å². The Morgan fingerprint density at radius 2 is 2.08 bits per heavy atom. The van der Waals surface area contributed by atoms with Crippen molar-refractivity contribution in [2.45, 2.75) is 33.6 Å². The van der Waals surface area contributed by atoms with Crippen molar-refractivity contribution in [2.75, 3.05) is 13.2 Å². The van der Waals surface area contributed by atoms with Gasteiger partial charge in [-0.1, -0.05) is 27.2 Å². The molecule has 0 saturated carbocycles. The summed E-state index contributed by atoms with van der Waals surface area (Å²) in [5.74, 6) is -0.318. The Kier molecular flexibility index (Phi) is 4.90. The first kappa shape index (κ1) is 11.4. The summed E-state index contributed by atoms with van der Waals surface area (Å²) in [6, 6.07) is 0. The first-order valence-corrected chi connectivity index (χ1v) is 4.37. The minimum absolute atomic E-state index is 0.0213. The Balaban J connectivity index is 3.49. The van der Waals surface area contributed by atoms with Crippen LogP contribution < -0.4 is 5.73 Å². The maximum Gasteiger partial charge on any atom is 0.319 e. The molecule has 0 aliphatic rings. The Bertz CT molecular complexity index is 143. The maximum atomic E-state index is 10.6. The van der Waals surface area contributed by atoms with Gasteiger partial charge >= 0.3 is 5.97 Å². The SMILES string of the molecule is CCC(C)(C)CCOC(=O)CN. The zero-order chi connectivity index (χ0) is 9.61. The molecule has 0 aliphatic carbocycles. The van der Waals surface area contributed by atoms with Gasteiger partial charge in [0.2, 0.25) is 0 Å². The molecule has 0 aromatic heterocycles. The first-order chi connectivity index (χ1) is 5.52. The van der Waals surface area contributed by atoms with Crippen LogP contribution in [0, 0.1) is 5.41 Å². The summed E-state index contributed by atoms with van der Waals surface area (Å²) in [7, 11) is 0. The molecule has 0 bridgehead atoms. The Morgan fingerprint density at radius 3 is 2.50 bits per heavy atom. The van der Waals surface area contributed by atoms with Crippen LogP contribution in [-0.2, 0) is 9.53 Å². The van der Waals surface area contributed by atoms with Crippen LogP contribution in [0.2, 0.25) is 0 Å². The van der Waals surface area contributed by atoms with Crippen molar-refractivity contribution in [3.8, 4) is 0 Å². The van der Waals surface area contributed by atoms with Gasteiger partial charge in [0, 0.05) is 0 Å². The van der Waals surface area contributed by atoms with Crippen LogP contribution in [-0.4, -0.2) is 19.1 Å². The van der Waals surface area contributed by atoms with Gasteiger partial charge in [-0.15, -0.1) is 0 Å². The minimum atomic E-state index is -0.318. The molecule has 0 saturated heterocycles. The third kappa shape index (κ3) is 5.13. The van der Waals surface area contributed by atoms with E-state index in [9.17, 15) is 4.79 Å². The van der Waals surface area contributed by atoms with Crippen LogP contribution in [0.15, 0.2) is 0 Å². The van der Waals surface area contributed by atoms with Crippen molar-refractivity contribution < 1.29 is 9.53 Å². The van der Waals surface area contributed by atoms with Crippen molar-refractivity contribution in [1.82, 2.24) is 0 Å². The van der Waals surface area contributed by atoms with E-state index in [4.69, 9.17) is 10.5 Å². The quantitative estimate of drug-likeness (QED) is 0.638. The summed E-state index contributed by atoms with van der Waals surface area (Å²) in [5.41, 5.74) is 5.34. The number of rotatable bonds is 5. The van der Waals surface area contributed by atoms with E-state index in [0.717, 1.165) is 12.8 Å². The smallest absolute Gasteiger partial charge is 0.319 e. The second-order valence-corrected chi connectivity index (χ2v) is 3.69. The standard InChI is InChI=1S/C9H19NO2/c1-4-9(2,3)5-6-12-8(11)7-10/h4-7,10H2,1-3H3. The lowest BCUT2D eigenvalue weighted by atomic mass is 9.87. The van der Waals surface area contributed by atoms with Crippen molar-refractivity contribution in [3.63, 3.8) is 0 Å². The third-order valence-electron chi connectivity index (χ3n) is 2.17. The highest BCUT2D eigenvalue weighted by Gasteiger charge is 2.15. The van der Waals surface area contributed by atoms with E-state index >= 15 is 0 Å². The second-order valence-electron chi connectivity index (χ2n) is 3.69. The Hall–Kier alpha value is -0.570. The van der Waals surface area contributed by atoms with Crippen molar-refractivity contribution in [3.05, 3.63) is 0 Å². The summed E-state index contributed by atoms with van der Waals surface area (Å²) in [6.45, 7) is 6.90. The van der Waals surface area contributed by atoms with Gasteiger partial charge in [0.1, 0.15) is 0 Å². The van der Waals surface area contributed by atoms with Crippen molar-refractivity contribution >= 4 is 5.97 Å². The molecule has 0 aromatic rings. The number of nitrogens with two attached hydrogens (primary N) is 1. The number of ether oxygens (including phenoxy) is 1. The average Bonchev–Trinajstić information content (AvgIpc) is 2.04. The molecule has 0 aromatic carbocycles. The Labute approximate surface area is 74.3 Å². The number of hydrogen-bond acceptors (Lipinski definition) is 3. The lowest BCUT2D eigenvalue weighted by Crippen LogP contribution is -2.20. The highest BCUT2D eigenvalue weighted by Crippen LogP contribution is 2.23. The van der Waals surface area contributed by atoms with Gasteiger partial charge in [-0.05, 0) is 11.8 Å². The lowest BCUT2D eigenvalue weighted by Gasteiger charge is -2.21. The second kappa shape index (κ2) is 5.14. The molecule has 72 valence electrons. The van der Waals surface area contributed by atoms with Gasteiger partial charge in [0.25, 0.3) is 0 Å². The molecule has 0 spiro atoms. The predicted octanol–water partition coefficient (Wildman–Crippen LogP) is 1.31. The fraction of sp³-hybridized carbons (Fsp3) is 0.889. The molecule has 3 heteroatoms. The van der Waals surface area contributed by atoms with Crippen LogP contribution in [0.25, 0.3) is 0 Å². The monoisotopic (exact) mass is 173 g/mol. The van der Waals surface area contributed by atoms with E-state index in [0.29, 0.717) is 6.61 Å². The van der Waals surface area contributed by atoms with Gasteiger partial charge in [0.05, 0.1) is 13.2 Å². The lowest BCUT2D eigenvalue weighted by molar-refractivity contribution is -0.142. The summed E-state index contributed by atoms with van der Waals surface area (Å²) in [6.07, 6.45) is 1.99. The van der Waals surface area contributed by atoms with E-state index in [1.807, 2.05) is 0 Å². The molecule has 0 rings (SSSR count). The number of esters is 1. The molecule has 0 aliphatic heterocycles. The first-order valence-electron chi connectivity index (χ1n) is 4.37. The molecule has 0 amide bonds. The molecule has 0 unspecified atom stereocenters. The van der Waals surface area contributed by atoms with Crippen molar-refractivity contribution in [1.29, 1.82) is 0 Å². The van der Waals surface area contributed by atoms with E-state index in [2.05, 4.69) is 20.8 Å². The van der Waals surface area contributed by atoms with E-state index in [-0.39, 0.29) is 17.9 Å². The summed E-state index contributed by atoms with van der Waals surface area (Å²) in [5, 5.41) is 0. The van der Waals surface area contributed by atoms with Gasteiger partial charge in [-0.2, -0.15) is 0 Å². The molecule has 3 nitrogen and oxygen atoms in total.